The van der Waals surface area contributed by atoms with E-state index in [4.69, 9.17) is 14.0 Å². The van der Waals surface area contributed by atoms with E-state index in [1.807, 2.05) is 55.5 Å². The second-order valence-electron chi connectivity index (χ2n) is 5.87. The van der Waals surface area contributed by atoms with E-state index in [-0.39, 0.29) is 18.2 Å². The third-order valence-electron chi connectivity index (χ3n) is 4.44. The fraction of sp³-hybridized carbons (Fsp3) is 0.200. The average Bonchev–Trinajstić information content (AvgIpc) is 3.13. The summed E-state index contributed by atoms with van der Waals surface area (Å²) in [5, 5.41) is 4.05. The van der Waals surface area contributed by atoms with Gasteiger partial charge in [-0.3, -0.25) is 4.79 Å². The van der Waals surface area contributed by atoms with Crippen molar-refractivity contribution in [1.82, 2.24) is 5.16 Å². The van der Waals surface area contributed by atoms with E-state index < -0.39 is 0 Å². The summed E-state index contributed by atoms with van der Waals surface area (Å²) >= 11 is 0. The summed E-state index contributed by atoms with van der Waals surface area (Å²) < 4.78 is 16.4. The number of benzene rings is 2. The van der Waals surface area contributed by atoms with Crippen molar-refractivity contribution >= 4 is 11.6 Å². The van der Waals surface area contributed by atoms with Crippen molar-refractivity contribution in [2.45, 2.75) is 13.5 Å². The number of amides is 1. The number of carbonyl (C=O) groups is 1. The summed E-state index contributed by atoms with van der Waals surface area (Å²) in [5.74, 6) is 1.85. The van der Waals surface area contributed by atoms with Crippen LogP contribution in [-0.4, -0.2) is 24.7 Å². The quantitative estimate of drug-likeness (QED) is 0.714. The topological polar surface area (TPSA) is 64.8 Å². The molecule has 6 nitrogen and oxygen atoms in total. The summed E-state index contributed by atoms with van der Waals surface area (Å²) in [6.07, 6.45) is 0. The van der Waals surface area contributed by atoms with Crippen LogP contribution in [0.2, 0.25) is 0 Å². The molecule has 0 N–H and O–H groups in total. The molecule has 2 heterocycles. The molecular weight excluding hydrogens is 332 g/mol. The number of ether oxygens (including phenoxy) is 2. The van der Waals surface area contributed by atoms with Crippen molar-refractivity contribution < 1.29 is 18.8 Å². The van der Waals surface area contributed by atoms with Gasteiger partial charge >= 0.3 is 0 Å². The number of aromatic nitrogens is 1. The number of carbonyl (C=O) groups excluding carboxylic acids is 1. The number of para-hydroxylation sites is 1. The lowest BCUT2D eigenvalue weighted by Crippen LogP contribution is -2.31. The molecule has 6 heteroatoms. The summed E-state index contributed by atoms with van der Waals surface area (Å²) in [7, 11) is 1.61. The van der Waals surface area contributed by atoms with Gasteiger partial charge in [-0.25, -0.2) is 0 Å². The molecule has 0 bridgehead atoms. The van der Waals surface area contributed by atoms with Crippen LogP contribution < -0.4 is 14.4 Å². The Balaban J connectivity index is 1.69. The Bertz CT molecular complexity index is 947. The van der Waals surface area contributed by atoms with Gasteiger partial charge in [0.25, 0.3) is 5.91 Å². The maximum Gasteiger partial charge on any atom is 0.280 e. The maximum absolute atomic E-state index is 13.1. The molecule has 0 fully saturated rings. The first kappa shape index (κ1) is 16.2. The van der Waals surface area contributed by atoms with Crippen LogP contribution >= 0.6 is 0 Å². The van der Waals surface area contributed by atoms with Crippen LogP contribution in [0.25, 0.3) is 11.3 Å². The lowest BCUT2D eigenvalue weighted by Gasteiger charge is -2.21. The molecule has 4 rings (SSSR count). The first-order valence-electron chi connectivity index (χ1n) is 8.39. The van der Waals surface area contributed by atoms with Gasteiger partial charge in [-0.1, -0.05) is 17.3 Å². The van der Waals surface area contributed by atoms with Gasteiger partial charge in [0.1, 0.15) is 18.1 Å². The van der Waals surface area contributed by atoms with E-state index in [0.717, 1.165) is 22.7 Å². The second kappa shape index (κ2) is 6.55. The molecule has 1 aliphatic heterocycles. The summed E-state index contributed by atoms with van der Waals surface area (Å²) in [5.41, 5.74) is 2.55. The van der Waals surface area contributed by atoms with Crippen molar-refractivity contribution in [2.24, 2.45) is 0 Å². The molecular formula is C20H18N2O4. The lowest BCUT2D eigenvalue weighted by atomic mass is 10.0. The highest BCUT2D eigenvalue weighted by molar-refractivity contribution is 6.06. The van der Waals surface area contributed by atoms with Crippen LogP contribution in [0.1, 0.15) is 23.0 Å². The Morgan fingerprint density at radius 1 is 1.19 bits per heavy atom. The highest BCUT2D eigenvalue weighted by Crippen LogP contribution is 2.39. The molecule has 0 spiro atoms. The monoisotopic (exact) mass is 350 g/mol. The van der Waals surface area contributed by atoms with E-state index in [1.165, 1.54) is 0 Å². The van der Waals surface area contributed by atoms with Crippen molar-refractivity contribution in [3.8, 4) is 22.8 Å². The normalized spacial score (nSPS) is 11.9. The van der Waals surface area contributed by atoms with Gasteiger partial charge in [-0.15, -0.1) is 0 Å². The van der Waals surface area contributed by atoms with Crippen LogP contribution in [0.15, 0.2) is 53.1 Å². The molecule has 132 valence electrons. The van der Waals surface area contributed by atoms with Crippen molar-refractivity contribution in [3.63, 3.8) is 0 Å². The summed E-state index contributed by atoms with van der Waals surface area (Å²) in [4.78, 5) is 14.7. The molecule has 1 aromatic heterocycles. The predicted molar refractivity (Wildman–Crippen MR) is 96.6 cm³/mol. The molecule has 1 aliphatic rings. The minimum atomic E-state index is -0.217. The molecule has 0 saturated heterocycles. The number of rotatable bonds is 4. The fourth-order valence-corrected chi connectivity index (χ4v) is 3.09. The molecule has 0 aliphatic carbocycles. The maximum atomic E-state index is 13.1. The summed E-state index contributed by atoms with van der Waals surface area (Å²) in [6.45, 7) is 2.68. The number of hydrogen-bond donors (Lipinski definition) is 0. The molecule has 0 radical (unpaired) electrons. The van der Waals surface area contributed by atoms with E-state index in [2.05, 4.69) is 5.16 Å². The Hall–Kier alpha value is -3.28. The predicted octanol–water partition coefficient (Wildman–Crippen LogP) is 3.91. The third-order valence-corrected chi connectivity index (χ3v) is 4.44. The van der Waals surface area contributed by atoms with Gasteiger partial charge < -0.3 is 18.9 Å². The average molecular weight is 350 g/mol. The zero-order valence-corrected chi connectivity index (χ0v) is 14.6. The zero-order chi connectivity index (χ0) is 18.1. The molecule has 0 saturated carbocycles. The van der Waals surface area contributed by atoms with Crippen LogP contribution in [-0.2, 0) is 6.61 Å². The SMILES string of the molecule is CCN(C(=O)c1noc2c1COc1ccccc1-2)c1ccc(OC)cc1. The van der Waals surface area contributed by atoms with Crippen molar-refractivity contribution in [3.05, 3.63) is 59.8 Å². The Morgan fingerprint density at radius 2 is 1.96 bits per heavy atom. The van der Waals surface area contributed by atoms with Gasteiger partial charge in [0, 0.05) is 12.2 Å². The Labute approximate surface area is 150 Å². The van der Waals surface area contributed by atoms with Crippen LogP contribution in [0.5, 0.6) is 11.5 Å². The highest BCUT2D eigenvalue weighted by Gasteiger charge is 2.31. The standard InChI is InChI=1S/C20H18N2O4/c1-3-22(13-8-10-14(24-2)11-9-13)20(23)18-16-12-25-17-7-5-4-6-15(17)19(16)26-21-18/h4-11H,3,12H2,1-2H3. The first-order chi connectivity index (χ1) is 12.7. The van der Waals surface area contributed by atoms with Crippen LogP contribution in [0, 0.1) is 0 Å². The number of methoxy groups -OCH3 is 1. The van der Waals surface area contributed by atoms with Gasteiger partial charge in [-0.2, -0.15) is 0 Å². The number of nitrogens with zero attached hydrogens (tertiary/aromatic N) is 2. The van der Waals surface area contributed by atoms with Crippen LogP contribution in [0.3, 0.4) is 0 Å². The molecule has 1 amide bonds. The zero-order valence-electron chi connectivity index (χ0n) is 14.6. The number of fused-ring (bicyclic) bond motifs is 3. The largest absolute Gasteiger partial charge is 0.497 e. The number of hydrogen-bond acceptors (Lipinski definition) is 5. The Morgan fingerprint density at radius 3 is 2.69 bits per heavy atom. The van der Waals surface area contributed by atoms with Crippen molar-refractivity contribution in [1.29, 1.82) is 0 Å². The molecule has 0 unspecified atom stereocenters. The minimum absolute atomic E-state index is 0.217. The van der Waals surface area contributed by atoms with E-state index in [1.54, 1.807) is 12.0 Å². The van der Waals surface area contributed by atoms with Crippen molar-refractivity contribution in [2.75, 3.05) is 18.6 Å². The van der Waals surface area contributed by atoms with E-state index in [9.17, 15) is 4.79 Å². The third kappa shape index (κ3) is 2.60. The van der Waals surface area contributed by atoms with E-state index >= 15 is 0 Å². The second-order valence-corrected chi connectivity index (χ2v) is 5.87. The van der Waals surface area contributed by atoms with Gasteiger partial charge in [0.05, 0.1) is 18.2 Å². The molecule has 0 atom stereocenters. The first-order valence-corrected chi connectivity index (χ1v) is 8.39. The van der Waals surface area contributed by atoms with Gasteiger partial charge in [0.15, 0.2) is 11.5 Å². The van der Waals surface area contributed by atoms with Gasteiger partial charge in [-0.05, 0) is 43.3 Å². The Kier molecular flexibility index (Phi) is 4.08. The van der Waals surface area contributed by atoms with E-state index in [0.29, 0.717) is 17.9 Å². The number of anilines is 1. The van der Waals surface area contributed by atoms with Gasteiger partial charge in [0.2, 0.25) is 0 Å². The lowest BCUT2D eigenvalue weighted by molar-refractivity contribution is 0.0977. The minimum Gasteiger partial charge on any atom is -0.497 e. The molecule has 2 aromatic carbocycles. The fourth-order valence-electron chi connectivity index (χ4n) is 3.09. The smallest absolute Gasteiger partial charge is 0.280 e. The molecule has 3 aromatic rings. The summed E-state index contributed by atoms with van der Waals surface area (Å²) in [6, 6.07) is 14.9. The van der Waals surface area contributed by atoms with Crippen LogP contribution in [0.4, 0.5) is 5.69 Å². The highest BCUT2D eigenvalue weighted by atomic mass is 16.5. The molecule has 26 heavy (non-hydrogen) atoms.